The van der Waals surface area contributed by atoms with Crippen molar-refractivity contribution < 1.29 is 14.3 Å². The van der Waals surface area contributed by atoms with Crippen LogP contribution in [0.15, 0.2) is 48.5 Å². The van der Waals surface area contributed by atoms with Gasteiger partial charge in [-0.05, 0) is 25.0 Å². The molecule has 1 aliphatic rings. The summed E-state index contributed by atoms with van der Waals surface area (Å²) in [4.78, 5) is 12.2. The fourth-order valence-electron chi connectivity index (χ4n) is 4.31. The van der Waals surface area contributed by atoms with Gasteiger partial charge in [-0.15, -0.1) is 0 Å². The number of nitrogens with one attached hydrogen (secondary N) is 1. The Labute approximate surface area is 164 Å². The summed E-state index contributed by atoms with van der Waals surface area (Å²) < 4.78 is 16.0. The Morgan fingerprint density at radius 1 is 1.07 bits per heavy atom. The van der Waals surface area contributed by atoms with Crippen molar-refractivity contribution in [2.45, 2.75) is 51.2 Å². The number of aromatic nitrogens is 1. The van der Waals surface area contributed by atoms with Gasteiger partial charge in [0.05, 0.1) is 6.54 Å². The molecule has 0 atom stereocenters. The van der Waals surface area contributed by atoms with Crippen LogP contribution in [-0.2, 0) is 13.1 Å². The zero-order valence-electron chi connectivity index (χ0n) is 15.8. The largest absolute Gasteiger partial charge is 0.477 e. The number of nitrogens with zero attached hydrogens (tertiary/aromatic N) is 1. The predicted octanol–water partition coefficient (Wildman–Crippen LogP) is 4.95. The van der Waals surface area contributed by atoms with Gasteiger partial charge in [0.15, 0.2) is 0 Å². The van der Waals surface area contributed by atoms with Crippen LogP contribution in [-0.4, -0.2) is 21.7 Å². The highest BCUT2D eigenvalue weighted by Gasteiger charge is 2.23. The van der Waals surface area contributed by atoms with Crippen molar-refractivity contribution in [1.29, 1.82) is 0 Å². The van der Waals surface area contributed by atoms with Gasteiger partial charge < -0.3 is 15.0 Å². The number of carboxylic acids is 1. The standard InChI is InChI=1S/C23H25FN2O2/c24-20-12-6-4-8-16(20)15-26-21-13-7-5-11-18(21)19(22(26)23(27)28)14-25-17-9-2-1-3-10-17/h4-8,11-13,17,25H,1-3,9-10,14-15H2,(H,27,28). The number of para-hydroxylation sites is 1. The molecule has 3 aromatic rings. The van der Waals surface area contributed by atoms with Gasteiger partial charge in [-0.2, -0.15) is 0 Å². The summed E-state index contributed by atoms with van der Waals surface area (Å²) in [6.45, 7) is 0.704. The Hall–Kier alpha value is -2.66. The van der Waals surface area contributed by atoms with Crippen LogP contribution >= 0.6 is 0 Å². The molecule has 5 heteroatoms. The van der Waals surface area contributed by atoms with Crippen molar-refractivity contribution in [2.24, 2.45) is 0 Å². The van der Waals surface area contributed by atoms with Crippen LogP contribution in [0.5, 0.6) is 0 Å². The van der Waals surface area contributed by atoms with Gasteiger partial charge in [0.1, 0.15) is 11.5 Å². The summed E-state index contributed by atoms with van der Waals surface area (Å²) in [7, 11) is 0. The molecular weight excluding hydrogens is 355 g/mol. The fraction of sp³-hybridized carbons (Fsp3) is 0.348. The summed E-state index contributed by atoms with van der Waals surface area (Å²) in [6.07, 6.45) is 5.99. The summed E-state index contributed by atoms with van der Waals surface area (Å²) >= 11 is 0. The van der Waals surface area contributed by atoms with Crippen LogP contribution in [0.4, 0.5) is 4.39 Å². The monoisotopic (exact) mass is 380 g/mol. The second-order valence-corrected chi connectivity index (χ2v) is 7.54. The molecule has 0 radical (unpaired) electrons. The van der Waals surface area contributed by atoms with Gasteiger partial charge in [0.2, 0.25) is 0 Å². The lowest BCUT2D eigenvalue weighted by Gasteiger charge is -2.23. The molecule has 4 rings (SSSR count). The minimum atomic E-state index is -0.979. The molecule has 1 aliphatic carbocycles. The highest BCUT2D eigenvalue weighted by molar-refractivity contribution is 5.98. The SMILES string of the molecule is O=C(O)c1c(CNC2CCCCC2)c2ccccc2n1Cc1ccccc1F. The normalized spacial score (nSPS) is 15.2. The first-order valence-corrected chi connectivity index (χ1v) is 9.95. The minimum Gasteiger partial charge on any atom is -0.477 e. The third-order valence-corrected chi connectivity index (χ3v) is 5.74. The lowest BCUT2D eigenvalue weighted by molar-refractivity contribution is 0.0684. The first-order chi connectivity index (χ1) is 13.6. The van der Waals surface area contributed by atoms with Crippen LogP contribution in [0.3, 0.4) is 0 Å². The van der Waals surface area contributed by atoms with Gasteiger partial charge in [0, 0.05) is 34.6 Å². The predicted molar refractivity (Wildman–Crippen MR) is 108 cm³/mol. The first-order valence-electron chi connectivity index (χ1n) is 9.95. The third kappa shape index (κ3) is 3.67. The highest BCUT2D eigenvalue weighted by atomic mass is 19.1. The number of benzene rings is 2. The van der Waals surface area contributed by atoms with Crippen LogP contribution < -0.4 is 5.32 Å². The van der Waals surface area contributed by atoms with E-state index in [9.17, 15) is 14.3 Å². The van der Waals surface area contributed by atoms with Crippen molar-refractivity contribution in [2.75, 3.05) is 0 Å². The van der Waals surface area contributed by atoms with E-state index in [0.29, 0.717) is 18.2 Å². The maximum atomic E-state index is 14.2. The summed E-state index contributed by atoms with van der Waals surface area (Å²) in [6, 6.07) is 14.6. The van der Waals surface area contributed by atoms with Crippen LogP contribution in [0.2, 0.25) is 0 Å². The molecule has 1 saturated carbocycles. The number of halogens is 1. The Bertz CT molecular complexity index is 989. The average Bonchev–Trinajstić information content (AvgIpc) is 3.03. The van der Waals surface area contributed by atoms with Gasteiger partial charge in [-0.3, -0.25) is 0 Å². The summed E-state index contributed by atoms with van der Waals surface area (Å²) in [5.41, 5.74) is 2.33. The summed E-state index contributed by atoms with van der Waals surface area (Å²) in [5, 5.41) is 14.5. The second-order valence-electron chi connectivity index (χ2n) is 7.54. The number of carboxylic acid groups (broad SMARTS) is 1. The number of carbonyl (C=O) groups is 1. The molecule has 2 N–H and O–H groups in total. The number of aromatic carboxylic acids is 1. The van der Waals surface area contributed by atoms with Crippen molar-refractivity contribution in [3.63, 3.8) is 0 Å². The van der Waals surface area contributed by atoms with Crippen molar-refractivity contribution >= 4 is 16.9 Å². The third-order valence-electron chi connectivity index (χ3n) is 5.74. The molecule has 1 aromatic heterocycles. The van der Waals surface area contributed by atoms with Crippen molar-refractivity contribution in [1.82, 2.24) is 9.88 Å². The molecule has 0 amide bonds. The molecule has 2 aromatic carbocycles. The van der Waals surface area contributed by atoms with Gasteiger partial charge in [-0.1, -0.05) is 55.7 Å². The zero-order valence-corrected chi connectivity index (χ0v) is 15.8. The molecule has 0 saturated heterocycles. The molecule has 28 heavy (non-hydrogen) atoms. The number of hydrogen-bond acceptors (Lipinski definition) is 2. The van der Waals surface area contributed by atoms with E-state index >= 15 is 0 Å². The van der Waals surface area contributed by atoms with E-state index in [2.05, 4.69) is 5.32 Å². The number of fused-ring (bicyclic) bond motifs is 1. The lowest BCUT2D eigenvalue weighted by Crippen LogP contribution is -2.31. The van der Waals surface area contributed by atoms with E-state index in [4.69, 9.17) is 0 Å². The minimum absolute atomic E-state index is 0.193. The number of rotatable bonds is 6. The van der Waals surface area contributed by atoms with Crippen molar-refractivity contribution in [3.8, 4) is 0 Å². The molecule has 0 spiro atoms. The Morgan fingerprint density at radius 3 is 2.54 bits per heavy atom. The average molecular weight is 380 g/mol. The zero-order chi connectivity index (χ0) is 19.5. The molecule has 1 heterocycles. The van der Waals surface area contributed by atoms with Gasteiger partial charge in [-0.25, -0.2) is 9.18 Å². The lowest BCUT2D eigenvalue weighted by atomic mass is 9.95. The molecular formula is C23H25FN2O2. The second kappa shape index (κ2) is 8.15. The maximum absolute atomic E-state index is 14.2. The Kier molecular flexibility index (Phi) is 5.44. The Balaban J connectivity index is 1.75. The molecule has 1 fully saturated rings. The van der Waals surface area contributed by atoms with Crippen LogP contribution in [0.1, 0.15) is 53.7 Å². The molecule has 146 valence electrons. The van der Waals surface area contributed by atoms with Gasteiger partial charge in [0.25, 0.3) is 0 Å². The van der Waals surface area contributed by atoms with E-state index in [-0.39, 0.29) is 18.1 Å². The molecule has 0 bridgehead atoms. The topological polar surface area (TPSA) is 54.3 Å². The molecule has 4 nitrogen and oxygen atoms in total. The fourth-order valence-corrected chi connectivity index (χ4v) is 4.31. The highest BCUT2D eigenvalue weighted by Crippen LogP contribution is 2.29. The van der Waals surface area contributed by atoms with E-state index in [1.165, 1.54) is 25.3 Å². The number of hydrogen-bond donors (Lipinski definition) is 2. The van der Waals surface area contributed by atoms with E-state index < -0.39 is 5.97 Å². The van der Waals surface area contributed by atoms with Crippen LogP contribution in [0, 0.1) is 5.82 Å². The van der Waals surface area contributed by atoms with Crippen molar-refractivity contribution in [3.05, 3.63) is 71.2 Å². The Morgan fingerprint density at radius 2 is 1.79 bits per heavy atom. The molecule has 0 aliphatic heterocycles. The smallest absolute Gasteiger partial charge is 0.352 e. The van der Waals surface area contributed by atoms with Crippen LogP contribution in [0.25, 0.3) is 10.9 Å². The summed E-state index contributed by atoms with van der Waals surface area (Å²) in [5.74, 6) is -1.30. The van der Waals surface area contributed by atoms with E-state index in [1.54, 1.807) is 22.8 Å². The first kappa shape index (κ1) is 18.7. The van der Waals surface area contributed by atoms with E-state index in [0.717, 1.165) is 29.3 Å². The molecule has 0 unspecified atom stereocenters. The quantitative estimate of drug-likeness (QED) is 0.636. The van der Waals surface area contributed by atoms with E-state index in [1.807, 2.05) is 24.3 Å². The van der Waals surface area contributed by atoms with Gasteiger partial charge >= 0.3 is 5.97 Å². The maximum Gasteiger partial charge on any atom is 0.352 e.